The number of halogens is 1. The standard InChI is InChI=1S/C16H13ClN2O2/c17-14-7-2-1-5-12(14)10-15-18-16(21-19-15)9-11-4-3-6-13(20)8-11/h1-8,20H,9-10H2. The van der Waals surface area contributed by atoms with Crippen LogP contribution in [-0.4, -0.2) is 15.2 Å². The molecule has 0 saturated carbocycles. The van der Waals surface area contributed by atoms with Crippen LogP contribution in [-0.2, 0) is 12.8 Å². The molecule has 0 aliphatic heterocycles. The number of nitrogens with zero attached hydrogens (tertiary/aromatic N) is 2. The van der Waals surface area contributed by atoms with Gasteiger partial charge < -0.3 is 9.63 Å². The molecule has 0 radical (unpaired) electrons. The first-order chi connectivity index (χ1) is 10.2. The summed E-state index contributed by atoms with van der Waals surface area (Å²) >= 11 is 6.11. The molecule has 0 aliphatic carbocycles. The maximum absolute atomic E-state index is 9.44. The van der Waals surface area contributed by atoms with Crippen molar-refractivity contribution in [2.45, 2.75) is 12.8 Å². The molecule has 5 heteroatoms. The second-order valence-electron chi connectivity index (χ2n) is 4.72. The lowest BCUT2D eigenvalue weighted by Gasteiger charge is -1.99. The number of hydrogen-bond acceptors (Lipinski definition) is 4. The van der Waals surface area contributed by atoms with Crippen LogP contribution in [0.15, 0.2) is 53.1 Å². The number of rotatable bonds is 4. The van der Waals surface area contributed by atoms with Crippen molar-refractivity contribution in [3.05, 3.63) is 76.4 Å². The highest BCUT2D eigenvalue weighted by atomic mass is 35.5. The van der Waals surface area contributed by atoms with Crippen LogP contribution in [0.5, 0.6) is 5.75 Å². The number of phenolic OH excluding ortho intramolecular Hbond substituents is 1. The van der Waals surface area contributed by atoms with Crippen LogP contribution in [0, 0.1) is 0 Å². The second kappa shape index (κ2) is 5.97. The van der Waals surface area contributed by atoms with E-state index in [1.54, 1.807) is 18.2 Å². The quantitative estimate of drug-likeness (QED) is 0.799. The van der Waals surface area contributed by atoms with E-state index in [-0.39, 0.29) is 5.75 Å². The van der Waals surface area contributed by atoms with E-state index in [9.17, 15) is 5.11 Å². The van der Waals surface area contributed by atoms with Gasteiger partial charge in [0.15, 0.2) is 5.82 Å². The maximum atomic E-state index is 9.44. The molecule has 1 N–H and O–H groups in total. The van der Waals surface area contributed by atoms with Gasteiger partial charge in [-0.25, -0.2) is 0 Å². The van der Waals surface area contributed by atoms with E-state index in [0.717, 1.165) is 11.1 Å². The summed E-state index contributed by atoms with van der Waals surface area (Å²) in [6.07, 6.45) is 1.02. The third-order valence-corrected chi connectivity index (χ3v) is 3.45. The summed E-state index contributed by atoms with van der Waals surface area (Å²) in [4.78, 5) is 4.35. The Labute approximate surface area is 127 Å². The van der Waals surface area contributed by atoms with E-state index >= 15 is 0 Å². The molecular weight excluding hydrogens is 288 g/mol. The summed E-state index contributed by atoms with van der Waals surface area (Å²) in [6.45, 7) is 0. The predicted molar refractivity (Wildman–Crippen MR) is 79.5 cm³/mol. The monoisotopic (exact) mass is 300 g/mol. The average molecular weight is 301 g/mol. The van der Waals surface area contributed by atoms with Crippen LogP contribution in [0.1, 0.15) is 22.8 Å². The first kappa shape index (κ1) is 13.6. The normalized spacial score (nSPS) is 10.7. The topological polar surface area (TPSA) is 59.2 Å². The van der Waals surface area contributed by atoms with E-state index in [4.69, 9.17) is 16.1 Å². The van der Waals surface area contributed by atoms with Crippen molar-refractivity contribution >= 4 is 11.6 Å². The highest BCUT2D eigenvalue weighted by molar-refractivity contribution is 6.31. The molecule has 106 valence electrons. The Morgan fingerprint density at radius 2 is 1.90 bits per heavy atom. The number of benzene rings is 2. The summed E-state index contributed by atoms with van der Waals surface area (Å²) in [6, 6.07) is 14.6. The Kier molecular flexibility index (Phi) is 3.88. The zero-order valence-corrected chi connectivity index (χ0v) is 11.9. The molecule has 0 fully saturated rings. The molecule has 0 spiro atoms. The van der Waals surface area contributed by atoms with Crippen LogP contribution < -0.4 is 0 Å². The molecule has 0 atom stereocenters. The highest BCUT2D eigenvalue weighted by Crippen LogP contribution is 2.18. The fourth-order valence-corrected chi connectivity index (χ4v) is 2.29. The first-order valence-corrected chi connectivity index (χ1v) is 6.91. The van der Waals surface area contributed by atoms with Crippen molar-refractivity contribution < 1.29 is 9.63 Å². The molecule has 0 bridgehead atoms. The van der Waals surface area contributed by atoms with Gasteiger partial charge in [-0.2, -0.15) is 4.98 Å². The lowest BCUT2D eigenvalue weighted by molar-refractivity contribution is 0.380. The summed E-state index contributed by atoms with van der Waals surface area (Å²) < 4.78 is 5.23. The van der Waals surface area contributed by atoms with E-state index in [0.29, 0.717) is 29.6 Å². The summed E-state index contributed by atoms with van der Waals surface area (Å²) in [7, 11) is 0. The summed E-state index contributed by atoms with van der Waals surface area (Å²) in [5, 5.41) is 14.1. The molecular formula is C16H13ClN2O2. The van der Waals surface area contributed by atoms with Crippen LogP contribution in [0.4, 0.5) is 0 Å². The van der Waals surface area contributed by atoms with Gasteiger partial charge in [0.1, 0.15) is 5.75 Å². The number of hydrogen-bond donors (Lipinski definition) is 1. The minimum Gasteiger partial charge on any atom is -0.508 e. The van der Waals surface area contributed by atoms with Gasteiger partial charge in [-0.3, -0.25) is 0 Å². The Morgan fingerprint density at radius 3 is 2.71 bits per heavy atom. The van der Waals surface area contributed by atoms with Gasteiger partial charge in [-0.05, 0) is 29.3 Å². The van der Waals surface area contributed by atoms with Gasteiger partial charge >= 0.3 is 0 Å². The van der Waals surface area contributed by atoms with Gasteiger partial charge in [0.2, 0.25) is 5.89 Å². The lowest BCUT2D eigenvalue weighted by Crippen LogP contribution is -1.93. The van der Waals surface area contributed by atoms with Gasteiger partial charge in [0, 0.05) is 11.4 Å². The van der Waals surface area contributed by atoms with Crippen molar-refractivity contribution in [2.75, 3.05) is 0 Å². The zero-order valence-electron chi connectivity index (χ0n) is 11.2. The maximum Gasteiger partial charge on any atom is 0.231 e. The SMILES string of the molecule is Oc1cccc(Cc2nc(Cc3ccccc3Cl)no2)c1. The predicted octanol–water partition coefficient (Wildman–Crippen LogP) is 3.61. The number of aromatic hydroxyl groups is 1. The van der Waals surface area contributed by atoms with Crippen molar-refractivity contribution in [1.29, 1.82) is 0 Å². The largest absolute Gasteiger partial charge is 0.508 e. The van der Waals surface area contributed by atoms with Gasteiger partial charge in [0.05, 0.1) is 6.42 Å². The molecule has 3 aromatic rings. The Hall–Kier alpha value is -2.33. The van der Waals surface area contributed by atoms with Gasteiger partial charge in [0.25, 0.3) is 0 Å². The minimum absolute atomic E-state index is 0.225. The Balaban J connectivity index is 1.73. The smallest absolute Gasteiger partial charge is 0.231 e. The van der Waals surface area contributed by atoms with Gasteiger partial charge in [-0.1, -0.05) is 47.1 Å². The molecule has 1 aromatic heterocycles. The molecule has 4 nitrogen and oxygen atoms in total. The molecule has 21 heavy (non-hydrogen) atoms. The van der Waals surface area contributed by atoms with E-state index in [1.165, 1.54) is 0 Å². The fourth-order valence-electron chi connectivity index (χ4n) is 2.09. The van der Waals surface area contributed by atoms with Crippen molar-refractivity contribution in [2.24, 2.45) is 0 Å². The minimum atomic E-state index is 0.225. The third kappa shape index (κ3) is 3.41. The fraction of sp³-hybridized carbons (Fsp3) is 0.125. The van der Waals surface area contributed by atoms with Crippen molar-refractivity contribution in [1.82, 2.24) is 10.1 Å². The third-order valence-electron chi connectivity index (χ3n) is 3.08. The van der Waals surface area contributed by atoms with Gasteiger partial charge in [-0.15, -0.1) is 0 Å². The van der Waals surface area contributed by atoms with Crippen molar-refractivity contribution in [3.63, 3.8) is 0 Å². The summed E-state index contributed by atoms with van der Waals surface area (Å²) in [5.41, 5.74) is 1.88. The summed E-state index contributed by atoms with van der Waals surface area (Å²) in [5.74, 6) is 1.34. The van der Waals surface area contributed by atoms with E-state index < -0.39 is 0 Å². The van der Waals surface area contributed by atoms with Crippen LogP contribution in [0.25, 0.3) is 0 Å². The molecule has 2 aromatic carbocycles. The van der Waals surface area contributed by atoms with Crippen molar-refractivity contribution in [3.8, 4) is 5.75 Å². The molecule has 0 unspecified atom stereocenters. The molecule has 0 amide bonds. The Bertz CT molecular complexity index is 755. The van der Waals surface area contributed by atoms with Crippen LogP contribution in [0.2, 0.25) is 5.02 Å². The van der Waals surface area contributed by atoms with Crippen LogP contribution in [0.3, 0.4) is 0 Å². The van der Waals surface area contributed by atoms with Crippen LogP contribution >= 0.6 is 11.6 Å². The van der Waals surface area contributed by atoms with E-state index in [2.05, 4.69) is 10.1 Å². The zero-order chi connectivity index (χ0) is 14.7. The Morgan fingerprint density at radius 1 is 1.05 bits per heavy atom. The lowest BCUT2D eigenvalue weighted by atomic mass is 10.1. The molecule has 0 saturated heterocycles. The number of aromatic nitrogens is 2. The molecule has 3 rings (SSSR count). The first-order valence-electron chi connectivity index (χ1n) is 6.53. The average Bonchev–Trinajstić information content (AvgIpc) is 2.89. The molecule has 1 heterocycles. The molecule has 0 aliphatic rings. The highest BCUT2D eigenvalue weighted by Gasteiger charge is 2.10. The van der Waals surface area contributed by atoms with E-state index in [1.807, 2.05) is 30.3 Å². The number of phenols is 1. The second-order valence-corrected chi connectivity index (χ2v) is 5.13.